The molecule has 0 unspecified atom stereocenters. The van der Waals surface area contributed by atoms with Gasteiger partial charge in [-0.15, -0.1) is 0 Å². The summed E-state index contributed by atoms with van der Waals surface area (Å²) in [7, 11) is 0. The fraction of sp³-hybridized carbons (Fsp3) is 0.444. The van der Waals surface area contributed by atoms with Crippen LogP contribution in [0.2, 0.25) is 0 Å². The number of esters is 1. The minimum Gasteiger partial charge on any atom is -0.466 e. The molecule has 4 atom stereocenters. The number of anilines is 1. The molecule has 0 radical (unpaired) electrons. The van der Waals surface area contributed by atoms with Crippen molar-refractivity contribution >= 4 is 17.6 Å². The Morgan fingerprint density at radius 1 is 1.43 bits per heavy atom. The second-order valence-corrected chi connectivity index (χ2v) is 6.36. The third kappa shape index (κ3) is 1.89. The molecule has 0 aliphatic carbocycles. The summed E-state index contributed by atoms with van der Waals surface area (Å²) in [5, 5.41) is 0. The molecule has 3 heterocycles. The zero-order valence-electron chi connectivity index (χ0n) is 13.2. The minimum absolute atomic E-state index is 0.0517. The summed E-state index contributed by atoms with van der Waals surface area (Å²) in [6.07, 6.45) is 3.50. The van der Waals surface area contributed by atoms with E-state index in [2.05, 4.69) is 0 Å². The molecule has 2 saturated heterocycles. The van der Waals surface area contributed by atoms with E-state index in [4.69, 9.17) is 9.47 Å². The third-order valence-electron chi connectivity index (χ3n) is 5.07. The number of hydrogen-bond acceptors (Lipinski definition) is 4. The summed E-state index contributed by atoms with van der Waals surface area (Å²) in [6.45, 7) is 4.50. The molecule has 1 amide bonds. The maximum Gasteiger partial charge on any atom is 0.312 e. The number of hydrogen-bond donors (Lipinski definition) is 0. The molecular weight excluding hydrogens is 294 g/mol. The van der Waals surface area contributed by atoms with Crippen molar-refractivity contribution in [1.29, 1.82) is 0 Å². The maximum atomic E-state index is 13.0. The van der Waals surface area contributed by atoms with Crippen LogP contribution in [0.25, 0.3) is 0 Å². The molecule has 2 fully saturated rings. The van der Waals surface area contributed by atoms with Gasteiger partial charge in [-0.2, -0.15) is 0 Å². The first kappa shape index (κ1) is 14.5. The molecule has 120 valence electrons. The Bertz CT molecular complexity index is 713. The summed E-state index contributed by atoms with van der Waals surface area (Å²) in [5.41, 5.74) is 1.22. The second kappa shape index (κ2) is 4.93. The Morgan fingerprint density at radius 3 is 2.96 bits per heavy atom. The molecule has 4 rings (SSSR count). The van der Waals surface area contributed by atoms with Crippen molar-refractivity contribution in [2.45, 2.75) is 25.6 Å². The molecule has 5 nitrogen and oxygen atoms in total. The topological polar surface area (TPSA) is 55.8 Å². The minimum atomic E-state index is -0.693. The van der Waals surface area contributed by atoms with Crippen LogP contribution in [0.4, 0.5) is 5.69 Å². The largest absolute Gasteiger partial charge is 0.466 e. The SMILES string of the molecule is CCOC(=O)[C@@H]1[C@H]2C(=O)N(c3ccccc3C)C[C@@]23C=C[C@H]1O3. The van der Waals surface area contributed by atoms with E-state index < -0.39 is 17.4 Å². The Morgan fingerprint density at radius 2 is 2.22 bits per heavy atom. The monoisotopic (exact) mass is 313 g/mol. The lowest BCUT2D eigenvalue weighted by Crippen LogP contribution is -2.40. The summed E-state index contributed by atoms with van der Waals surface area (Å²) in [5.74, 6) is -1.42. The predicted molar refractivity (Wildman–Crippen MR) is 83.9 cm³/mol. The second-order valence-electron chi connectivity index (χ2n) is 6.36. The van der Waals surface area contributed by atoms with E-state index in [1.54, 1.807) is 11.8 Å². The lowest BCUT2D eigenvalue weighted by Gasteiger charge is -2.22. The van der Waals surface area contributed by atoms with Gasteiger partial charge in [0, 0.05) is 5.69 Å². The molecule has 5 heteroatoms. The number of para-hydroxylation sites is 1. The molecule has 23 heavy (non-hydrogen) atoms. The molecule has 3 aliphatic heterocycles. The summed E-state index contributed by atoms with van der Waals surface area (Å²) in [4.78, 5) is 27.1. The van der Waals surface area contributed by atoms with Gasteiger partial charge in [0.25, 0.3) is 0 Å². The van der Waals surface area contributed by atoms with Gasteiger partial charge in [-0.1, -0.05) is 30.4 Å². The Kier molecular flexibility index (Phi) is 3.10. The predicted octanol–water partition coefficient (Wildman–Crippen LogP) is 1.84. The highest BCUT2D eigenvalue weighted by atomic mass is 16.6. The van der Waals surface area contributed by atoms with Crippen LogP contribution in [0.15, 0.2) is 36.4 Å². The van der Waals surface area contributed by atoms with Gasteiger partial charge in [0.2, 0.25) is 5.91 Å². The first-order valence-corrected chi connectivity index (χ1v) is 7.98. The van der Waals surface area contributed by atoms with Crippen LogP contribution < -0.4 is 4.90 Å². The molecule has 0 N–H and O–H groups in total. The normalized spacial score (nSPS) is 34.1. The van der Waals surface area contributed by atoms with Gasteiger partial charge in [-0.05, 0) is 25.5 Å². The fourth-order valence-electron chi connectivity index (χ4n) is 4.08. The smallest absolute Gasteiger partial charge is 0.312 e. The van der Waals surface area contributed by atoms with Crippen LogP contribution in [-0.2, 0) is 19.1 Å². The average Bonchev–Trinajstić information content (AvgIpc) is 3.16. The third-order valence-corrected chi connectivity index (χ3v) is 5.07. The van der Waals surface area contributed by atoms with Crippen LogP contribution in [0.3, 0.4) is 0 Å². The zero-order valence-corrected chi connectivity index (χ0v) is 13.2. The van der Waals surface area contributed by atoms with Crippen LogP contribution in [0.5, 0.6) is 0 Å². The number of carbonyl (C=O) groups excluding carboxylic acids is 2. The highest BCUT2D eigenvalue weighted by molar-refractivity contribution is 6.03. The number of rotatable bonds is 3. The van der Waals surface area contributed by atoms with Crippen molar-refractivity contribution in [2.75, 3.05) is 18.1 Å². The van der Waals surface area contributed by atoms with Crippen molar-refractivity contribution in [3.63, 3.8) is 0 Å². The molecule has 3 aliphatic rings. The van der Waals surface area contributed by atoms with Gasteiger partial charge >= 0.3 is 5.97 Å². The number of nitrogens with zero attached hydrogens (tertiary/aromatic N) is 1. The van der Waals surface area contributed by atoms with Gasteiger partial charge in [-0.3, -0.25) is 9.59 Å². The quantitative estimate of drug-likeness (QED) is 0.631. The number of carbonyl (C=O) groups is 2. The zero-order chi connectivity index (χ0) is 16.2. The van der Waals surface area contributed by atoms with Gasteiger partial charge in [0.1, 0.15) is 11.5 Å². The van der Waals surface area contributed by atoms with E-state index in [1.807, 2.05) is 43.3 Å². The van der Waals surface area contributed by atoms with E-state index >= 15 is 0 Å². The molecule has 2 bridgehead atoms. The average molecular weight is 313 g/mol. The number of fused-ring (bicyclic) bond motifs is 1. The fourth-order valence-corrected chi connectivity index (χ4v) is 4.08. The molecule has 0 saturated carbocycles. The van der Waals surface area contributed by atoms with Crippen molar-refractivity contribution in [3.8, 4) is 0 Å². The van der Waals surface area contributed by atoms with Crippen LogP contribution in [0.1, 0.15) is 12.5 Å². The summed E-state index contributed by atoms with van der Waals surface area (Å²) < 4.78 is 11.2. The van der Waals surface area contributed by atoms with Crippen molar-refractivity contribution in [3.05, 3.63) is 42.0 Å². The highest BCUT2D eigenvalue weighted by Gasteiger charge is 2.67. The van der Waals surface area contributed by atoms with Gasteiger partial charge in [0.15, 0.2) is 0 Å². The first-order chi connectivity index (χ1) is 11.1. The van der Waals surface area contributed by atoms with E-state index in [9.17, 15) is 9.59 Å². The van der Waals surface area contributed by atoms with Crippen molar-refractivity contribution < 1.29 is 19.1 Å². The lowest BCUT2D eigenvalue weighted by atomic mass is 9.77. The van der Waals surface area contributed by atoms with Crippen LogP contribution in [0, 0.1) is 18.8 Å². The maximum absolute atomic E-state index is 13.0. The number of ether oxygens (including phenoxy) is 2. The number of aryl methyl sites for hydroxylation is 1. The highest BCUT2D eigenvalue weighted by Crippen LogP contribution is 2.53. The van der Waals surface area contributed by atoms with Crippen LogP contribution >= 0.6 is 0 Å². The van der Waals surface area contributed by atoms with E-state index in [1.165, 1.54) is 0 Å². The van der Waals surface area contributed by atoms with E-state index in [-0.39, 0.29) is 18.0 Å². The Labute approximate surface area is 134 Å². The molecule has 1 aromatic rings. The molecule has 1 spiro atoms. The van der Waals surface area contributed by atoms with E-state index in [0.717, 1.165) is 11.3 Å². The standard InChI is InChI=1S/C18H19NO4/c1-3-22-17(21)14-13-8-9-18(23-13)10-19(16(20)15(14)18)12-7-5-4-6-11(12)2/h4-9,13-15H,3,10H2,1-2H3/t13-,14+,15+,18+/m1/s1. The van der Waals surface area contributed by atoms with Gasteiger partial charge < -0.3 is 14.4 Å². The molecule has 0 aromatic heterocycles. The molecular formula is C18H19NO4. The number of benzene rings is 1. The Hall–Kier alpha value is -2.14. The van der Waals surface area contributed by atoms with Gasteiger partial charge in [0.05, 0.1) is 25.2 Å². The number of amides is 1. The lowest BCUT2D eigenvalue weighted by molar-refractivity contribution is -0.151. The van der Waals surface area contributed by atoms with Gasteiger partial charge in [-0.25, -0.2) is 0 Å². The van der Waals surface area contributed by atoms with Crippen molar-refractivity contribution in [1.82, 2.24) is 0 Å². The van der Waals surface area contributed by atoms with Crippen molar-refractivity contribution in [2.24, 2.45) is 11.8 Å². The van der Waals surface area contributed by atoms with Crippen LogP contribution in [-0.4, -0.2) is 36.7 Å². The molecule has 1 aromatic carbocycles. The van der Waals surface area contributed by atoms with E-state index in [0.29, 0.717) is 13.2 Å². The Balaban J connectivity index is 1.71. The summed E-state index contributed by atoms with van der Waals surface area (Å²) in [6, 6.07) is 7.77. The first-order valence-electron chi connectivity index (χ1n) is 7.98. The summed E-state index contributed by atoms with van der Waals surface area (Å²) >= 11 is 0.